The van der Waals surface area contributed by atoms with Crippen LogP contribution in [0.5, 0.6) is 0 Å². The highest BCUT2D eigenvalue weighted by Gasteiger charge is 2.15. The molecule has 0 unspecified atom stereocenters. The molecule has 0 bridgehead atoms. The fourth-order valence-electron chi connectivity index (χ4n) is 2.87. The number of thiophene rings is 1. The molecule has 0 saturated carbocycles. The van der Waals surface area contributed by atoms with E-state index in [0.29, 0.717) is 5.92 Å². The Morgan fingerprint density at radius 3 is 2.30 bits per heavy atom. The van der Waals surface area contributed by atoms with Crippen molar-refractivity contribution in [2.24, 2.45) is 5.92 Å². The van der Waals surface area contributed by atoms with Crippen molar-refractivity contribution in [3.63, 3.8) is 0 Å². The Morgan fingerprint density at radius 1 is 1.12 bits per heavy atom. The van der Waals surface area contributed by atoms with E-state index in [1.807, 2.05) is 25.2 Å². The van der Waals surface area contributed by atoms with Crippen LogP contribution in [-0.4, -0.2) is 6.54 Å². The third kappa shape index (κ3) is 14.3. The maximum atomic E-state index is 4.24. The molecule has 0 aromatic carbocycles. The zero-order valence-corrected chi connectivity index (χ0v) is 24.4. The maximum absolute atomic E-state index is 4.24. The van der Waals surface area contributed by atoms with Crippen LogP contribution in [-0.2, 0) is 6.42 Å². The molecular weight excluding hydrogens is 438 g/mol. The third-order valence-electron chi connectivity index (χ3n) is 4.85. The van der Waals surface area contributed by atoms with Gasteiger partial charge in [0, 0.05) is 16.3 Å². The number of unbranched alkanes of at least 4 members (excludes halogenated alkanes) is 2. The first-order valence-corrected chi connectivity index (χ1v) is 14.1. The normalized spacial score (nSPS) is 11.6. The summed E-state index contributed by atoms with van der Waals surface area (Å²) in [6.07, 6.45) is 20.9. The summed E-state index contributed by atoms with van der Waals surface area (Å²) in [6.45, 7) is 24.7. The van der Waals surface area contributed by atoms with Crippen LogP contribution >= 0.6 is 23.1 Å². The van der Waals surface area contributed by atoms with Crippen molar-refractivity contribution in [3.8, 4) is 12.8 Å². The lowest BCUT2D eigenvalue weighted by Crippen LogP contribution is -2.14. The van der Waals surface area contributed by atoms with Crippen molar-refractivity contribution in [1.29, 1.82) is 0 Å². The number of hydrogen-bond acceptors (Lipinski definition) is 3. The van der Waals surface area contributed by atoms with Gasteiger partial charge in [-0.15, -0.1) is 35.9 Å². The number of terminal acetylenes is 1. The molecule has 1 N–H and O–H groups in total. The Balaban J connectivity index is 0. The van der Waals surface area contributed by atoms with Gasteiger partial charge in [-0.05, 0) is 68.6 Å². The Labute approximate surface area is 214 Å². The van der Waals surface area contributed by atoms with Gasteiger partial charge < -0.3 is 5.32 Å². The standard InChI is InChI=1S/C26H41NS2.C2H6.C2H2/c1-9-11-13-20(5)17-24(27-18-21(6)28-16-15-19(3)4)26-23(8)22(7)25(29-26)14-12-10-2;2*1-2/h13,15-17,19,27H,6,9-12,14,18H2,1-5,7-8H3;1-2H3;1-2H/b16-15-,20-13+,24-17+;;. The SMILES string of the molecule is C#C.C=C(CN/C(=C/C(C)=C/CCC)c1sc(CCCC)c(C)c1C)S/C=C\C(C)C.CC. The molecule has 0 spiro atoms. The second kappa shape index (κ2) is 20.9. The van der Waals surface area contributed by atoms with Crippen molar-refractivity contribution in [2.45, 2.75) is 94.4 Å². The number of hydrogen-bond donors (Lipinski definition) is 1. The van der Waals surface area contributed by atoms with Gasteiger partial charge in [-0.1, -0.05) is 78.7 Å². The summed E-state index contributed by atoms with van der Waals surface area (Å²) in [6, 6.07) is 0. The second-order valence-corrected chi connectivity index (χ2v) is 10.3. The van der Waals surface area contributed by atoms with E-state index in [9.17, 15) is 0 Å². The minimum atomic E-state index is 0.573. The zero-order chi connectivity index (χ0) is 25.8. The van der Waals surface area contributed by atoms with Crippen molar-refractivity contribution in [2.75, 3.05) is 6.54 Å². The number of aryl methyl sites for hydroxylation is 1. The summed E-state index contributed by atoms with van der Waals surface area (Å²) in [5.41, 5.74) is 5.45. The van der Waals surface area contributed by atoms with Gasteiger partial charge in [-0.3, -0.25) is 0 Å². The van der Waals surface area contributed by atoms with Crippen LogP contribution in [0, 0.1) is 32.6 Å². The van der Waals surface area contributed by atoms with E-state index in [4.69, 9.17) is 0 Å². The van der Waals surface area contributed by atoms with Crippen LogP contribution in [0.3, 0.4) is 0 Å². The minimum Gasteiger partial charge on any atom is -0.379 e. The highest BCUT2D eigenvalue weighted by atomic mass is 32.2. The highest BCUT2D eigenvalue weighted by Crippen LogP contribution is 2.33. The first-order valence-electron chi connectivity index (χ1n) is 12.4. The van der Waals surface area contributed by atoms with E-state index < -0.39 is 0 Å². The van der Waals surface area contributed by atoms with E-state index >= 15 is 0 Å². The van der Waals surface area contributed by atoms with Crippen LogP contribution in [0.2, 0.25) is 0 Å². The Hall–Kier alpha value is -1.63. The van der Waals surface area contributed by atoms with Crippen LogP contribution < -0.4 is 5.32 Å². The summed E-state index contributed by atoms with van der Waals surface area (Å²) in [7, 11) is 0. The lowest BCUT2D eigenvalue weighted by atomic mass is 10.1. The molecular formula is C30H49NS2. The summed E-state index contributed by atoms with van der Waals surface area (Å²) < 4.78 is 0. The molecule has 1 aromatic heterocycles. The summed E-state index contributed by atoms with van der Waals surface area (Å²) in [5.74, 6) is 0.573. The molecule has 33 heavy (non-hydrogen) atoms. The molecule has 0 aliphatic carbocycles. The summed E-state index contributed by atoms with van der Waals surface area (Å²) in [5, 5.41) is 5.86. The largest absolute Gasteiger partial charge is 0.379 e. The monoisotopic (exact) mass is 487 g/mol. The van der Waals surface area contributed by atoms with Crippen LogP contribution in [0.1, 0.15) is 95.0 Å². The molecule has 0 atom stereocenters. The number of rotatable bonds is 13. The molecule has 0 saturated heterocycles. The molecule has 186 valence electrons. The Kier molecular flexibility index (Phi) is 21.3. The predicted octanol–water partition coefficient (Wildman–Crippen LogP) is 10.1. The Morgan fingerprint density at radius 2 is 1.76 bits per heavy atom. The molecule has 1 heterocycles. The van der Waals surface area contributed by atoms with Gasteiger partial charge in [0.15, 0.2) is 0 Å². The van der Waals surface area contributed by atoms with Gasteiger partial charge in [-0.2, -0.15) is 0 Å². The number of allylic oxidation sites excluding steroid dienone is 4. The van der Waals surface area contributed by atoms with E-state index in [-0.39, 0.29) is 0 Å². The highest BCUT2D eigenvalue weighted by molar-refractivity contribution is 8.05. The molecule has 1 rings (SSSR count). The van der Waals surface area contributed by atoms with Gasteiger partial charge in [0.05, 0.1) is 10.6 Å². The first-order chi connectivity index (χ1) is 15.8. The molecule has 0 amide bonds. The van der Waals surface area contributed by atoms with Gasteiger partial charge >= 0.3 is 0 Å². The Bertz CT molecular complexity index is 773. The number of thioether (sulfide) groups is 1. The van der Waals surface area contributed by atoms with Crippen molar-refractivity contribution in [3.05, 3.63) is 61.6 Å². The van der Waals surface area contributed by atoms with Crippen molar-refractivity contribution < 1.29 is 0 Å². The average Bonchev–Trinajstić information content (AvgIpc) is 3.09. The minimum absolute atomic E-state index is 0.573. The lowest BCUT2D eigenvalue weighted by molar-refractivity contribution is 0.800. The quantitative estimate of drug-likeness (QED) is 0.219. The molecule has 0 aliphatic rings. The van der Waals surface area contributed by atoms with Gasteiger partial charge in [-0.25, -0.2) is 0 Å². The predicted molar refractivity (Wildman–Crippen MR) is 159 cm³/mol. The van der Waals surface area contributed by atoms with Gasteiger partial charge in [0.25, 0.3) is 0 Å². The van der Waals surface area contributed by atoms with Crippen molar-refractivity contribution in [1.82, 2.24) is 5.32 Å². The second-order valence-electron chi connectivity index (χ2n) is 8.09. The van der Waals surface area contributed by atoms with E-state index in [1.165, 1.54) is 57.8 Å². The van der Waals surface area contributed by atoms with Crippen LogP contribution in [0.4, 0.5) is 0 Å². The smallest absolute Gasteiger partial charge is 0.0536 e. The lowest BCUT2D eigenvalue weighted by Gasteiger charge is -2.12. The van der Waals surface area contributed by atoms with Gasteiger partial charge in [0.2, 0.25) is 0 Å². The average molecular weight is 488 g/mol. The molecule has 0 aliphatic heterocycles. The van der Waals surface area contributed by atoms with E-state index in [0.717, 1.165) is 17.9 Å². The summed E-state index contributed by atoms with van der Waals surface area (Å²) in [4.78, 5) is 4.06. The molecule has 3 heteroatoms. The van der Waals surface area contributed by atoms with Gasteiger partial charge in [0.1, 0.15) is 0 Å². The van der Waals surface area contributed by atoms with Crippen LogP contribution in [0.15, 0.2) is 40.7 Å². The molecule has 0 radical (unpaired) electrons. The van der Waals surface area contributed by atoms with Crippen LogP contribution in [0.25, 0.3) is 5.70 Å². The van der Waals surface area contributed by atoms with E-state index in [1.54, 1.807) is 11.8 Å². The van der Waals surface area contributed by atoms with Crippen molar-refractivity contribution >= 4 is 28.8 Å². The van der Waals surface area contributed by atoms with E-state index in [2.05, 4.69) is 96.8 Å². The fraction of sp³-hybridized carbons (Fsp3) is 0.533. The fourth-order valence-corrected chi connectivity index (χ4v) is 4.96. The molecule has 1 aromatic rings. The number of nitrogens with one attached hydrogen (secondary N) is 1. The topological polar surface area (TPSA) is 12.0 Å². The summed E-state index contributed by atoms with van der Waals surface area (Å²) >= 11 is 3.69. The molecule has 1 nitrogen and oxygen atoms in total. The molecule has 0 fully saturated rings. The zero-order valence-electron chi connectivity index (χ0n) is 22.8. The third-order valence-corrected chi connectivity index (χ3v) is 7.11. The maximum Gasteiger partial charge on any atom is 0.0536 e. The first kappa shape index (κ1) is 33.5.